The molecule has 1 unspecified atom stereocenters. The smallest absolute Gasteiger partial charge is 0.240 e. The van der Waals surface area contributed by atoms with Gasteiger partial charge in [0.1, 0.15) is 12.5 Å². The molecule has 0 spiro atoms. The van der Waals surface area contributed by atoms with Crippen molar-refractivity contribution in [3.05, 3.63) is 53.6 Å². The van der Waals surface area contributed by atoms with Crippen molar-refractivity contribution in [3.8, 4) is 17.2 Å². The molecule has 0 aromatic heterocycles. The molecule has 1 amide bonds. The second kappa shape index (κ2) is 9.55. The molecule has 0 N–H and O–H groups in total. The summed E-state index contributed by atoms with van der Waals surface area (Å²) < 4.78 is 16.0. The van der Waals surface area contributed by atoms with Crippen LogP contribution < -0.4 is 14.2 Å². The van der Waals surface area contributed by atoms with Gasteiger partial charge in [-0.2, -0.15) is 5.10 Å². The van der Waals surface area contributed by atoms with Crippen molar-refractivity contribution >= 4 is 18.4 Å². The van der Waals surface area contributed by atoms with E-state index >= 15 is 0 Å². The third-order valence-electron chi connectivity index (χ3n) is 4.43. The van der Waals surface area contributed by atoms with Crippen LogP contribution in [-0.2, 0) is 9.59 Å². The molecule has 1 aliphatic heterocycles. The van der Waals surface area contributed by atoms with Crippen LogP contribution in [0.3, 0.4) is 0 Å². The zero-order chi connectivity index (χ0) is 20.7. The summed E-state index contributed by atoms with van der Waals surface area (Å²) in [5, 5.41) is 6.09. The molecule has 1 aliphatic rings. The van der Waals surface area contributed by atoms with Crippen LogP contribution in [0.15, 0.2) is 47.6 Å². The molecule has 1 heterocycles. The molecule has 0 aliphatic carbocycles. The van der Waals surface area contributed by atoms with Gasteiger partial charge in [-0.1, -0.05) is 12.1 Å². The fourth-order valence-electron chi connectivity index (χ4n) is 3.10. The van der Waals surface area contributed by atoms with Crippen LogP contribution in [-0.4, -0.2) is 44.7 Å². The van der Waals surface area contributed by atoms with Gasteiger partial charge in [-0.25, -0.2) is 5.01 Å². The van der Waals surface area contributed by atoms with E-state index in [0.29, 0.717) is 17.9 Å². The summed E-state index contributed by atoms with van der Waals surface area (Å²) in [5.41, 5.74) is 2.71. The summed E-state index contributed by atoms with van der Waals surface area (Å²) in [4.78, 5) is 20.1. The van der Waals surface area contributed by atoms with Crippen molar-refractivity contribution in [3.63, 3.8) is 0 Å². The summed E-state index contributed by atoms with van der Waals surface area (Å²) in [5.74, 6) is 1.94. The summed E-state index contributed by atoms with van der Waals surface area (Å²) in [6, 6.07) is 13.2. The Hall–Kier alpha value is -3.35. The Labute approximate surface area is 164 Å². The molecule has 1 atom stereocenters. The lowest BCUT2D eigenvalue weighted by molar-refractivity contribution is -0.130. The molecular weight excluding hydrogens is 360 g/mol. The monoisotopic (exact) mass is 384 g/mol. The van der Waals surface area contributed by atoms with Gasteiger partial charge in [0.15, 0.2) is 11.5 Å². The van der Waals surface area contributed by atoms with E-state index in [0.717, 1.165) is 22.6 Å². The molecule has 2 aromatic carbocycles. The average molecular weight is 384 g/mol. The maximum Gasteiger partial charge on any atom is 0.240 e. The first-order valence-corrected chi connectivity index (χ1v) is 8.60. The Bertz CT molecular complexity index is 866. The first kappa shape index (κ1) is 21.0. The Morgan fingerprint density at radius 3 is 2.36 bits per heavy atom. The topological polar surface area (TPSA) is 77.4 Å². The molecule has 7 nitrogen and oxygen atoms in total. The van der Waals surface area contributed by atoms with Crippen molar-refractivity contribution in [1.29, 1.82) is 0 Å². The third kappa shape index (κ3) is 4.31. The van der Waals surface area contributed by atoms with Gasteiger partial charge in [-0.15, -0.1) is 0 Å². The Kier molecular flexibility index (Phi) is 7.14. The van der Waals surface area contributed by atoms with Crippen molar-refractivity contribution in [2.75, 3.05) is 21.3 Å². The number of nitrogens with zero attached hydrogens (tertiary/aromatic N) is 2. The second-order valence-corrected chi connectivity index (χ2v) is 5.98. The van der Waals surface area contributed by atoms with E-state index in [-0.39, 0.29) is 11.9 Å². The van der Waals surface area contributed by atoms with E-state index in [4.69, 9.17) is 19.0 Å². The SMILES string of the molecule is C=O.COc1cccc(C2CC(c3ccc(OC)c(OC)c3)=NN2C(C)=O)c1. The van der Waals surface area contributed by atoms with Crippen molar-refractivity contribution in [2.24, 2.45) is 5.10 Å². The average Bonchev–Trinajstić information content (AvgIpc) is 3.20. The number of methoxy groups -OCH3 is 3. The van der Waals surface area contributed by atoms with Gasteiger partial charge in [0.25, 0.3) is 0 Å². The molecule has 2 aromatic rings. The third-order valence-corrected chi connectivity index (χ3v) is 4.43. The highest BCUT2D eigenvalue weighted by Crippen LogP contribution is 2.36. The van der Waals surface area contributed by atoms with E-state index in [1.165, 1.54) is 11.9 Å². The molecule has 3 rings (SSSR count). The lowest BCUT2D eigenvalue weighted by Gasteiger charge is -2.20. The van der Waals surface area contributed by atoms with E-state index in [1.807, 2.05) is 49.3 Å². The zero-order valence-electron chi connectivity index (χ0n) is 16.5. The normalized spacial score (nSPS) is 15.2. The first-order valence-electron chi connectivity index (χ1n) is 8.60. The minimum atomic E-state index is -0.161. The molecular formula is C21H24N2O5. The number of hydrogen-bond acceptors (Lipinski definition) is 6. The first-order chi connectivity index (χ1) is 13.6. The summed E-state index contributed by atoms with van der Waals surface area (Å²) in [6.07, 6.45) is 0.613. The number of rotatable bonds is 5. The highest BCUT2D eigenvalue weighted by atomic mass is 16.5. The molecule has 0 radical (unpaired) electrons. The molecule has 148 valence electrons. The minimum absolute atomic E-state index is 0.103. The fraction of sp³-hybridized carbons (Fsp3) is 0.286. The number of benzene rings is 2. The maximum absolute atomic E-state index is 12.1. The van der Waals surface area contributed by atoms with Crippen LogP contribution in [0.2, 0.25) is 0 Å². The zero-order valence-corrected chi connectivity index (χ0v) is 16.5. The fourth-order valence-corrected chi connectivity index (χ4v) is 3.10. The van der Waals surface area contributed by atoms with Crippen molar-refractivity contribution in [2.45, 2.75) is 19.4 Å². The Morgan fingerprint density at radius 1 is 1.04 bits per heavy atom. The predicted octanol–water partition coefficient (Wildman–Crippen LogP) is 3.23. The number of ether oxygens (including phenoxy) is 3. The maximum atomic E-state index is 12.1. The van der Waals surface area contributed by atoms with Gasteiger partial charge in [0.2, 0.25) is 5.91 Å². The highest BCUT2D eigenvalue weighted by Gasteiger charge is 2.31. The standard InChI is InChI=1S/C20H22N2O4.CH2O/c1-13(23)22-18(15-6-5-7-16(10-15)24-2)12-17(21-22)14-8-9-19(25-3)20(11-14)26-4;1-2/h5-11,18H,12H2,1-4H3;1H2. The summed E-state index contributed by atoms with van der Waals surface area (Å²) >= 11 is 0. The van der Waals surface area contributed by atoms with E-state index < -0.39 is 0 Å². The van der Waals surface area contributed by atoms with Crippen LogP contribution in [0.25, 0.3) is 0 Å². The number of carbonyl (C=O) groups excluding carboxylic acids is 2. The van der Waals surface area contributed by atoms with Crippen molar-refractivity contribution < 1.29 is 23.8 Å². The van der Waals surface area contributed by atoms with Gasteiger partial charge in [0, 0.05) is 18.9 Å². The molecule has 0 saturated carbocycles. The van der Waals surface area contributed by atoms with Crippen LogP contribution in [0, 0.1) is 0 Å². The highest BCUT2D eigenvalue weighted by molar-refractivity contribution is 6.03. The van der Waals surface area contributed by atoms with Crippen LogP contribution in [0.1, 0.15) is 30.5 Å². The number of hydrazone groups is 1. The second-order valence-electron chi connectivity index (χ2n) is 5.98. The van der Waals surface area contributed by atoms with E-state index in [9.17, 15) is 4.79 Å². The van der Waals surface area contributed by atoms with Gasteiger partial charge < -0.3 is 19.0 Å². The number of carbonyl (C=O) groups is 2. The molecule has 28 heavy (non-hydrogen) atoms. The lowest BCUT2D eigenvalue weighted by Crippen LogP contribution is -2.24. The predicted molar refractivity (Wildman–Crippen MR) is 106 cm³/mol. The molecule has 0 saturated heterocycles. The molecule has 0 fully saturated rings. The van der Waals surface area contributed by atoms with E-state index in [2.05, 4.69) is 5.10 Å². The van der Waals surface area contributed by atoms with Gasteiger partial charge in [0.05, 0.1) is 33.1 Å². The minimum Gasteiger partial charge on any atom is -0.497 e. The van der Waals surface area contributed by atoms with Crippen LogP contribution in [0.5, 0.6) is 17.2 Å². The van der Waals surface area contributed by atoms with Gasteiger partial charge in [-0.05, 0) is 35.9 Å². The van der Waals surface area contributed by atoms with E-state index in [1.54, 1.807) is 21.3 Å². The summed E-state index contributed by atoms with van der Waals surface area (Å²) in [6.45, 7) is 3.52. The quantitative estimate of drug-likeness (QED) is 0.791. The lowest BCUT2D eigenvalue weighted by atomic mass is 9.98. The van der Waals surface area contributed by atoms with Crippen LogP contribution >= 0.6 is 0 Å². The van der Waals surface area contributed by atoms with Crippen LogP contribution in [0.4, 0.5) is 0 Å². The number of amides is 1. The van der Waals surface area contributed by atoms with Gasteiger partial charge in [-0.3, -0.25) is 4.79 Å². The Balaban J connectivity index is 0.00000136. The largest absolute Gasteiger partial charge is 0.497 e. The molecule has 0 bridgehead atoms. The van der Waals surface area contributed by atoms with Crippen molar-refractivity contribution in [1.82, 2.24) is 5.01 Å². The summed E-state index contributed by atoms with van der Waals surface area (Å²) in [7, 11) is 4.82. The van der Waals surface area contributed by atoms with Gasteiger partial charge >= 0.3 is 0 Å². The Morgan fingerprint density at radius 2 is 1.75 bits per heavy atom. The number of hydrogen-bond donors (Lipinski definition) is 0. The molecule has 7 heteroatoms.